The molecule has 2 aliphatic rings. The summed E-state index contributed by atoms with van der Waals surface area (Å²) in [6.45, 7) is 2.29. The first-order valence-corrected chi connectivity index (χ1v) is 8.28. The lowest BCUT2D eigenvalue weighted by molar-refractivity contribution is 0.174. The summed E-state index contributed by atoms with van der Waals surface area (Å²) in [5.41, 5.74) is 3.53. The van der Waals surface area contributed by atoms with E-state index in [0.717, 1.165) is 35.1 Å². The quantitative estimate of drug-likeness (QED) is 0.689. The third-order valence-corrected chi connectivity index (χ3v) is 5.10. The van der Waals surface area contributed by atoms with Crippen LogP contribution < -0.4 is 9.47 Å². The zero-order valence-corrected chi connectivity index (χ0v) is 13.3. The minimum Gasteiger partial charge on any atom is -0.454 e. The van der Waals surface area contributed by atoms with Gasteiger partial charge < -0.3 is 9.47 Å². The van der Waals surface area contributed by atoms with Gasteiger partial charge in [0.25, 0.3) is 0 Å². The van der Waals surface area contributed by atoms with Crippen LogP contribution in [-0.4, -0.2) is 21.6 Å². The summed E-state index contributed by atoms with van der Waals surface area (Å²) in [6, 6.07) is 8.26. The maximum absolute atomic E-state index is 5.52. The van der Waals surface area contributed by atoms with Crippen LogP contribution in [0.4, 0.5) is 0 Å². The molecule has 0 spiro atoms. The van der Waals surface area contributed by atoms with Gasteiger partial charge in [-0.2, -0.15) is 0 Å². The molecule has 0 radical (unpaired) electrons. The maximum Gasteiger partial charge on any atom is 0.231 e. The van der Waals surface area contributed by atoms with Crippen molar-refractivity contribution in [1.29, 1.82) is 0 Å². The number of thiophene rings is 1. The van der Waals surface area contributed by atoms with Gasteiger partial charge in [0.2, 0.25) is 6.79 Å². The fourth-order valence-corrected chi connectivity index (χ4v) is 4.10. The van der Waals surface area contributed by atoms with Crippen molar-refractivity contribution in [2.75, 3.05) is 6.79 Å². The van der Waals surface area contributed by atoms with E-state index in [1.165, 1.54) is 16.1 Å². The van der Waals surface area contributed by atoms with Gasteiger partial charge >= 0.3 is 0 Å². The van der Waals surface area contributed by atoms with E-state index >= 15 is 0 Å². The number of benzene rings is 1. The van der Waals surface area contributed by atoms with E-state index in [4.69, 9.17) is 9.47 Å². The van der Waals surface area contributed by atoms with Gasteiger partial charge in [0, 0.05) is 12.0 Å². The normalized spacial score (nSPS) is 14.9. The van der Waals surface area contributed by atoms with Gasteiger partial charge in [0.05, 0.1) is 0 Å². The van der Waals surface area contributed by atoms with E-state index in [1.54, 1.807) is 11.3 Å². The first kappa shape index (κ1) is 12.9. The van der Waals surface area contributed by atoms with Crippen LogP contribution in [0.2, 0.25) is 0 Å². The molecule has 0 atom stereocenters. The predicted molar refractivity (Wildman–Crippen MR) is 87.3 cm³/mol. The fourth-order valence-electron chi connectivity index (χ4n) is 3.12. The Kier molecular flexibility index (Phi) is 2.63. The van der Waals surface area contributed by atoms with Crippen LogP contribution in [0.1, 0.15) is 22.8 Å². The molecular formula is C17H13N3O2S. The highest BCUT2D eigenvalue weighted by molar-refractivity contribution is 7.12. The summed E-state index contributed by atoms with van der Waals surface area (Å²) in [5.74, 6) is 3.51. The van der Waals surface area contributed by atoms with Crippen molar-refractivity contribution < 1.29 is 9.47 Å². The first-order valence-electron chi connectivity index (χ1n) is 7.40. The molecule has 2 aromatic heterocycles. The molecule has 0 saturated heterocycles. The lowest BCUT2D eigenvalue weighted by atomic mass is 9.98. The SMILES string of the molecule is Cc1nnc2n1-c1sccc1C(c1ccc3c(c1)OCO3)=CC2. The van der Waals surface area contributed by atoms with Crippen molar-refractivity contribution in [3.63, 3.8) is 0 Å². The van der Waals surface area contributed by atoms with Gasteiger partial charge in [0.1, 0.15) is 16.6 Å². The number of aromatic nitrogens is 3. The number of aryl methyl sites for hydroxylation is 1. The van der Waals surface area contributed by atoms with E-state index < -0.39 is 0 Å². The van der Waals surface area contributed by atoms with E-state index in [0.29, 0.717) is 6.79 Å². The standard InChI is InChI=1S/C17H13N3O2S/c1-10-18-19-16-5-3-12(13-6-7-23-17(13)20(10)16)11-2-4-14-15(8-11)22-9-21-14/h2-4,6-8H,5,9H2,1H3. The Morgan fingerprint density at radius 1 is 1.13 bits per heavy atom. The number of rotatable bonds is 1. The molecule has 0 fully saturated rings. The van der Waals surface area contributed by atoms with Gasteiger partial charge in [-0.3, -0.25) is 4.57 Å². The summed E-state index contributed by atoms with van der Waals surface area (Å²) in [4.78, 5) is 0. The topological polar surface area (TPSA) is 49.2 Å². The number of hydrogen-bond donors (Lipinski definition) is 0. The zero-order valence-electron chi connectivity index (χ0n) is 12.4. The van der Waals surface area contributed by atoms with Crippen LogP contribution in [0.15, 0.2) is 35.7 Å². The van der Waals surface area contributed by atoms with Crippen molar-refractivity contribution in [2.45, 2.75) is 13.3 Å². The van der Waals surface area contributed by atoms with Crippen LogP contribution >= 0.6 is 11.3 Å². The number of allylic oxidation sites excluding steroid dienone is 1. The number of fused-ring (bicyclic) bond motifs is 4. The predicted octanol–water partition coefficient (Wildman–Crippen LogP) is 3.35. The molecule has 5 rings (SSSR count). The second kappa shape index (κ2) is 4.70. The minimum absolute atomic E-state index is 0.293. The summed E-state index contributed by atoms with van der Waals surface area (Å²) in [5, 5.41) is 11.8. The first-order chi connectivity index (χ1) is 11.3. The summed E-state index contributed by atoms with van der Waals surface area (Å²) in [6.07, 6.45) is 2.97. The van der Waals surface area contributed by atoms with E-state index in [2.05, 4.69) is 44.4 Å². The summed E-state index contributed by atoms with van der Waals surface area (Å²) in [7, 11) is 0. The Morgan fingerprint density at radius 3 is 3.00 bits per heavy atom. The van der Waals surface area contributed by atoms with Crippen molar-refractivity contribution in [1.82, 2.24) is 14.8 Å². The largest absolute Gasteiger partial charge is 0.454 e. The molecule has 6 heteroatoms. The lowest BCUT2D eigenvalue weighted by Gasteiger charge is -2.09. The van der Waals surface area contributed by atoms with Crippen molar-refractivity contribution >= 4 is 16.9 Å². The molecule has 0 amide bonds. The maximum atomic E-state index is 5.52. The van der Waals surface area contributed by atoms with Crippen molar-refractivity contribution in [2.24, 2.45) is 0 Å². The van der Waals surface area contributed by atoms with Gasteiger partial charge in [-0.05, 0) is 41.6 Å². The highest BCUT2D eigenvalue weighted by Crippen LogP contribution is 2.40. The molecule has 5 nitrogen and oxygen atoms in total. The Balaban J connectivity index is 1.69. The average Bonchev–Trinajstić information content (AvgIpc) is 3.26. The fraction of sp³-hybridized carbons (Fsp3) is 0.176. The van der Waals surface area contributed by atoms with Crippen LogP contribution in [-0.2, 0) is 6.42 Å². The Morgan fingerprint density at radius 2 is 2.04 bits per heavy atom. The van der Waals surface area contributed by atoms with Gasteiger partial charge in [0.15, 0.2) is 11.5 Å². The average molecular weight is 323 g/mol. The molecule has 0 aliphatic carbocycles. The highest BCUT2D eigenvalue weighted by atomic mass is 32.1. The van der Waals surface area contributed by atoms with E-state index in [1.807, 2.05) is 13.0 Å². The van der Waals surface area contributed by atoms with Crippen LogP contribution in [0.5, 0.6) is 11.5 Å². The Bertz CT molecular complexity index is 955. The molecule has 114 valence electrons. The van der Waals surface area contributed by atoms with Crippen LogP contribution in [0.25, 0.3) is 10.6 Å². The molecule has 3 aromatic rings. The molecule has 23 heavy (non-hydrogen) atoms. The molecule has 1 aromatic carbocycles. The van der Waals surface area contributed by atoms with E-state index in [-0.39, 0.29) is 0 Å². The monoisotopic (exact) mass is 323 g/mol. The molecule has 0 bridgehead atoms. The summed E-state index contributed by atoms with van der Waals surface area (Å²) < 4.78 is 13.1. The van der Waals surface area contributed by atoms with Gasteiger partial charge in [-0.1, -0.05) is 12.1 Å². The third kappa shape index (κ3) is 1.85. The molecule has 2 aliphatic heterocycles. The zero-order chi connectivity index (χ0) is 15.4. The summed E-state index contributed by atoms with van der Waals surface area (Å²) >= 11 is 1.71. The molecule has 0 saturated carbocycles. The number of hydrogen-bond acceptors (Lipinski definition) is 5. The molecule has 0 N–H and O–H groups in total. The van der Waals surface area contributed by atoms with Crippen molar-refractivity contribution in [3.8, 4) is 16.5 Å². The van der Waals surface area contributed by atoms with Gasteiger partial charge in [-0.25, -0.2) is 0 Å². The van der Waals surface area contributed by atoms with Crippen LogP contribution in [0, 0.1) is 6.92 Å². The van der Waals surface area contributed by atoms with E-state index in [9.17, 15) is 0 Å². The molecule has 0 unspecified atom stereocenters. The Labute approximate surface area is 136 Å². The molecular weight excluding hydrogens is 310 g/mol. The van der Waals surface area contributed by atoms with Crippen molar-refractivity contribution in [3.05, 3.63) is 58.5 Å². The third-order valence-electron chi connectivity index (χ3n) is 4.20. The lowest BCUT2D eigenvalue weighted by Crippen LogP contribution is -2.00. The van der Waals surface area contributed by atoms with Gasteiger partial charge in [-0.15, -0.1) is 21.5 Å². The molecule has 4 heterocycles. The number of ether oxygens (including phenoxy) is 2. The minimum atomic E-state index is 0.293. The highest BCUT2D eigenvalue weighted by Gasteiger charge is 2.23. The van der Waals surface area contributed by atoms with Crippen LogP contribution in [0.3, 0.4) is 0 Å². The second-order valence-corrected chi connectivity index (χ2v) is 6.42. The Hall–Kier alpha value is -2.60. The number of nitrogens with zero attached hydrogens (tertiary/aromatic N) is 3. The second-order valence-electron chi connectivity index (χ2n) is 5.53. The smallest absolute Gasteiger partial charge is 0.231 e.